The number of fused-ring (bicyclic) bond motifs is 1. The molecule has 1 aromatic heterocycles. The first-order valence-corrected chi connectivity index (χ1v) is 9.78. The predicted molar refractivity (Wildman–Crippen MR) is 112 cm³/mol. The molecule has 0 unspecified atom stereocenters. The molecule has 0 saturated heterocycles. The van der Waals surface area contributed by atoms with Gasteiger partial charge in [0.05, 0.1) is 12.7 Å². The van der Waals surface area contributed by atoms with Crippen LogP contribution in [0.2, 0.25) is 0 Å². The van der Waals surface area contributed by atoms with Crippen LogP contribution in [-0.4, -0.2) is 36.1 Å². The van der Waals surface area contributed by atoms with Crippen molar-refractivity contribution in [1.29, 1.82) is 0 Å². The molecule has 0 saturated carbocycles. The van der Waals surface area contributed by atoms with Crippen molar-refractivity contribution in [3.63, 3.8) is 0 Å². The Morgan fingerprint density at radius 3 is 2.59 bits per heavy atom. The largest absolute Gasteiger partial charge is 0.496 e. The van der Waals surface area contributed by atoms with E-state index in [-0.39, 0.29) is 5.91 Å². The molecule has 29 heavy (non-hydrogen) atoms. The molecule has 2 aromatic carbocycles. The molecule has 0 bridgehead atoms. The van der Waals surface area contributed by atoms with Gasteiger partial charge in [0.2, 0.25) is 5.95 Å². The maximum atomic E-state index is 12.4. The SMILES string of the molecule is COc1ccccc1CCNC(=O)c1cnc(N2CCc3ccccc3C2)nc1. The van der Waals surface area contributed by atoms with E-state index < -0.39 is 0 Å². The molecule has 6 heteroatoms. The molecule has 6 nitrogen and oxygen atoms in total. The normalized spacial score (nSPS) is 12.9. The van der Waals surface area contributed by atoms with Gasteiger partial charge in [-0.25, -0.2) is 9.97 Å². The number of rotatable bonds is 6. The summed E-state index contributed by atoms with van der Waals surface area (Å²) in [6, 6.07) is 16.3. The molecule has 1 amide bonds. The standard InChI is InChI=1S/C23H24N4O2/c1-29-21-9-5-4-7-18(21)10-12-24-22(28)20-14-25-23(26-15-20)27-13-11-17-6-2-3-8-19(17)16-27/h2-9,14-15H,10-13,16H2,1H3,(H,24,28). The van der Waals surface area contributed by atoms with Crippen molar-refractivity contribution in [3.8, 4) is 5.75 Å². The van der Waals surface area contributed by atoms with Gasteiger partial charge in [-0.1, -0.05) is 42.5 Å². The van der Waals surface area contributed by atoms with Crippen LogP contribution in [0.15, 0.2) is 60.9 Å². The second-order valence-electron chi connectivity index (χ2n) is 7.03. The molecule has 0 fully saturated rings. The first kappa shape index (κ1) is 18.9. The van der Waals surface area contributed by atoms with Gasteiger partial charge in [-0.05, 0) is 35.6 Å². The van der Waals surface area contributed by atoms with E-state index in [0.717, 1.165) is 30.8 Å². The van der Waals surface area contributed by atoms with E-state index in [9.17, 15) is 4.79 Å². The summed E-state index contributed by atoms with van der Waals surface area (Å²) >= 11 is 0. The zero-order valence-electron chi connectivity index (χ0n) is 16.5. The fourth-order valence-electron chi connectivity index (χ4n) is 3.59. The molecule has 1 aliphatic rings. The molecule has 4 rings (SSSR count). The van der Waals surface area contributed by atoms with E-state index in [2.05, 4.69) is 44.5 Å². The van der Waals surface area contributed by atoms with Gasteiger partial charge in [0, 0.05) is 32.0 Å². The van der Waals surface area contributed by atoms with Gasteiger partial charge in [-0.3, -0.25) is 4.79 Å². The first-order chi connectivity index (χ1) is 14.2. The fraction of sp³-hybridized carbons (Fsp3) is 0.261. The number of ether oxygens (including phenoxy) is 1. The third kappa shape index (κ3) is 4.37. The van der Waals surface area contributed by atoms with Crippen LogP contribution in [0.1, 0.15) is 27.0 Å². The van der Waals surface area contributed by atoms with E-state index in [4.69, 9.17) is 4.74 Å². The number of hydrogen-bond acceptors (Lipinski definition) is 5. The monoisotopic (exact) mass is 388 g/mol. The Hall–Kier alpha value is -3.41. The number of nitrogens with one attached hydrogen (secondary N) is 1. The van der Waals surface area contributed by atoms with Gasteiger partial charge >= 0.3 is 0 Å². The number of para-hydroxylation sites is 1. The Bertz CT molecular complexity index is 988. The topological polar surface area (TPSA) is 67.3 Å². The Balaban J connectivity index is 1.34. The summed E-state index contributed by atoms with van der Waals surface area (Å²) in [6.07, 6.45) is 4.87. The van der Waals surface area contributed by atoms with Crippen LogP contribution in [0, 0.1) is 0 Å². The summed E-state index contributed by atoms with van der Waals surface area (Å²) in [4.78, 5) is 23.4. The number of aromatic nitrogens is 2. The zero-order valence-corrected chi connectivity index (χ0v) is 16.5. The lowest BCUT2D eigenvalue weighted by Crippen LogP contribution is -2.32. The summed E-state index contributed by atoms with van der Waals surface area (Å²) < 4.78 is 5.34. The van der Waals surface area contributed by atoms with E-state index in [1.807, 2.05) is 24.3 Å². The van der Waals surface area contributed by atoms with Crippen molar-refractivity contribution in [1.82, 2.24) is 15.3 Å². The Morgan fingerprint density at radius 2 is 1.79 bits per heavy atom. The molecule has 0 radical (unpaired) electrons. The fourth-order valence-corrected chi connectivity index (χ4v) is 3.59. The smallest absolute Gasteiger partial charge is 0.254 e. The van der Waals surface area contributed by atoms with Crippen molar-refractivity contribution in [3.05, 3.63) is 83.2 Å². The van der Waals surface area contributed by atoms with Crippen molar-refractivity contribution in [2.24, 2.45) is 0 Å². The van der Waals surface area contributed by atoms with Gasteiger partial charge in [0.25, 0.3) is 5.91 Å². The minimum absolute atomic E-state index is 0.171. The summed E-state index contributed by atoms with van der Waals surface area (Å²) in [5.41, 5.74) is 4.22. The van der Waals surface area contributed by atoms with E-state index in [0.29, 0.717) is 24.5 Å². The lowest BCUT2D eigenvalue weighted by molar-refractivity contribution is 0.0953. The zero-order chi connectivity index (χ0) is 20.1. The molecule has 3 aromatic rings. The first-order valence-electron chi connectivity index (χ1n) is 9.78. The molecule has 2 heterocycles. The number of nitrogens with zero attached hydrogens (tertiary/aromatic N) is 3. The summed E-state index contributed by atoms with van der Waals surface area (Å²) in [5, 5.41) is 2.92. The molecular weight excluding hydrogens is 364 g/mol. The number of hydrogen-bond donors (Lipinski definition) is 1. The number of benzene rings is 2. The Kier molecular flexibility index (Phi) is 5.70. The molecule has 1 aliphatic heterocycles. The molecule has 148 valence electrons. The maximum absolute atomic E-state index is 12.4. The van der Waals surface area contributed by atoms with Crippen LogP contribution in [-0.2, 0) is 19.4 Å². The van der Waals surface area contributed by atoms with Crippen molar-refractivity contribution >= 4 is 11.9 Å². The minimum atomic E-state index is -0.171. The maximum Gasteiger partial charge on any atom is 0.254 e. The van der Waals surface area contributed by atoms with Crippen LogP contribution in [0.25, 0.3) is 0 Å². The Labute approximate surface area is 170 Å². The highest BCUT2D eigenvalue weighted by Crippen LogP contribution is 2.21. The molecule has 1 N–H and O–H groups in total. The third-order valence-corrected chi connectivity index (χ3v) is 5.19. The second kappa shape index (κ2) is 8.73. The predicted octanol–water partition coefficient (Wildman–Crippen LogP) is 3.02. The number of anilines is 1. The number of carbonyl (C=O) groups excluding carboxylic acids is 1. The molecule has 0 atom stereocenters. The van der Waals surface area contributed by atoms with Gasteiger partial charge < -0.3 is 15.0 Å². The van der Waals surface area contributed by atoms with Crippen LogP contribution in [0.4, 0.5) is 5.95 Å². The van der Waals surface area contributed by atoms with Gasteiger partial charge in [0.15, 0.2) is 0 Å². The highest BCUT2D eigenvalue weighted by molar-refractivity contribution is 5.93. The number of carbonyl (C=O) groups is 1. The summed E-state index contributed by atoms with van der Waals surface area (Å²) in [5.74, 6) is 1.32. The average molecular weight is 388 g/mol. The highest BCUT2D eigenvalue weighted by Gasteiger charge is 2.18. The second-order valence-corrected chi connectivity index (χ2v) is 7.03. The molecule has 0 spiro atoms. The van der Waals surface area contributed by atoms with Gasteiger partial charge in [-0.2, -0.15) is 0 Å². The molecule has 0 aliphatic carbocycles. The quantitative estimate of drug-likeness (QED) is 0.703. The lowest BCUT2D eigenvalue weighted by atomic mass is 10.0. The van der Waals surface area contributed by atoms with E-state index >= 15 is 0 Å². The van der Waals surface area contributed by atoms with Crippen molar-refractivity contribution in [2.75, 3.05) is 25.1 Å². The summed E-state index contributed by atoms with van der Waals surface area (Å²) in [7, 11) is 1.65. The third-order valence-electron chi connectivity index (χ3n) is 5.19. The average Bonchev–Trinajstić information content (AvgIpc) is 2.79. The van der Waals surface area contributed by atoms with Gasteiger partial charge in [-0.15, -0.1) is 0 Å². The Morgan fingerprint density at radius 1 is 1.07 bits per heavy atom. The van der Waals surface area contributed by atoms with Crippen LogP contribution in [0.3, 0.4) is 0 Å². The molecular formula is C23H24N4O2. The summed E-state index contributed by atoms with van der Waals surface area (Å²) in [6.45, 7) is 2.19. The van der Waals surface area contributed by atoms with Crippen LogP contribution < -0.4 is 15.0 Å². The minimum Gasteiger partial charge on any atom is -0.496 e. The van der Waals surface area contributed by atoms with Crippen LogP contribution >= 0.6 is 0 Å². The van der Waals surface area contributed by atoms with Crippen molar-refractivity contribution < 1.29 is 9.53 Å². The number of methoxy groups -OCH3 is 1. The number of amides is 1. The lowest BCUT2D eigenvalue weighted by Gasteiger charge is -2.28. The van der Waals surface area contributed by atoms with E-state index in [1.165, 1.54) is 11.1 Å². The van der Waals surface area contributed by atoms with Crippen molar-refractivity contribution in [2.45, 2.75) is 19.4 Å². The van der Waals surface area contributed by atoms with Gasteiger partial charge in [0.1, 0.15) is 5.75 Å². The van der Waals surface area contributed by atoms with E-state index in [1.54, 1.807) is 19.5 Å². The highest BCUT2D eigenvalue weighted by atomic mass is 16.5. The van der Waals surface area contributed by atoms with Crippen LogP contribution in [0.5, 0.6) is 5.75 Å².